The van der Waals surface area contributed by atoms with Gasteiger partial charge in [-0.3, -0.25) is 0 Å². The molecular formula is C7H16N2O3S. The van der Waals surface area contributed by atoms with Gasteiger partial charge in [0.05, 0.1) is 11.9 Å². The Morgan fingerprint density at radius 3 is 2.77 bits per heavy atom. The summed E-state index contributed by atoms with van der Waals surface area (Å²) in [5, 5.41) is 9.27. The monoisotopic (exact) mass is 208 g/mol. The molecule has 1 heterocycles. The highest BCUT2D eigenvalue weighted by atomic mass is 32.2. The zero-order chi connectivity index (χ0) is 9.90. The summed E-state index contributed by atoms with van der Waals surface area (Å²) in [6.45, 7) is 0.872. The van der Waals surface area contributed by atoms with Gasteiger partial charge in [-0.1, -0.05) is 0 Å². The number of β-amino-alcohol motifs (C(OH)–C–C–N with tert-alkyl or cyclic N) is 1. The molecule has 13 heavy (non-hydrogen) atoms. The summed E-state index contributed by atoms with van der Waals surface area (Å²) in [7, 11) is -3.22. The van der Waals surface area contributed by atoms with Crippen molar-refractivity contribution in [1.29, 1.82) is 0 Å². The smallest absolute Gasteiger partial charge is 0.215 e. The topological polar surface area (TPSA) is 83.6 Å². The fraction of sp³-hybridized carbons (Fsp3) is 1.00. The third-order valence-corrected chi connectivity index (χ3v) is 4.00. The van der Waals surface area contributed by atoms with Crippen molar-refractivity contribution in [3.8, 4) is 0 Å². The Morgan fingerprint density at radius 1 is 1.54 bits per heavy atom. The summed E-state index contributed by atoms with van der Waals surface area (Å²) in [5.74, 6) is -0.0281. The van der Waals surface area contributed by atoms with E-state index >= 15 is 0 Å². The highest BCUT2D eigenvalue weighted by Gasteiger charge is 2.26. The molecule has 1 unspecified atom stereocenters. The van der Waals surface area contributed by atoms with Gasteiger partial charge in [0, 0.05) is 19.6 Å². The standard InChI is InChI=1S/C7H16N2O3S/c8-3-5-13(11,12)9-4-1-2-7(10)6-9/h7,10H,1-6,8H2. The van der Waals surface area contributed by atoms with E-state index in [0.29, 0.717) is 13.0 Å². The van der Waals surface area contributed by atoms with Crippen molar-refractivity contribution in [3.63, 3.8) is 0 Å². The number of sulfonamides is 1. The van der Waals surface area contributed by atoms with Crippen LogP contribution < -0.4 is 5.73 Å². The van der Waals surface area contributed by atoms with Crippen LogP contribution in [0.25, 0.3) is 0 Å². The second-order valence-electron chi connectivity index (χ2n) is 3.26. The molecule has 0 saturated carbocycles. The molecule has 0 aromatic rings. The second kappa shape index (κ2) is 4.36. The summed E-state index contributed by atoms with van der Waals surface area (Å²) in [5.41, 5.74) is 5.19. The molecule has 1 aliphatic rings. The molecule has 1 saturated heterocycles. The molecule has 0 radical (unpaired) electrons. The number of hydrogen-bond donors (Lipinski definition) is 2. The molecule has 0 bridgehead atoms. The van der Waals surface area contributed by atoms with Crippen molar-refractivity contribution in [3.05, 3.63) is 0 Å². The first-order valence-corrected chi connectivity index (χ1v) is 6.03. The molecule has 0 spiro atoms. The van der Waals surface area contributed by atoms with E-state index in [9.17, 15) is 13.5 Å². The lowest BCUT2D eigenvalue weighted by atomic mass is 10.1. The lowest BCUT2D eigenvalue weighted by molar-refractivity contribution is 0.108. The molecule has 1 fully saturated rings. The Morgan fingerprint density at radius 2 is 2.23 bits per heavy atom. The third-order valence-electron chi connectivity index (χ3n) is 2.13. The zero-order valence-electron chi connectivity index (χ0n) is 7.52. The Labute approximate surface area is 78.6 Å². The molecule has 1 aliphatic heterocycles. The number of piperidine rings is 1. The first-order chi connectivity index (χ1) is 6.06. The normalized spacial score (nSPS) is 26.2. The van der Waals surface area contributed by atoms with Gasteiger partial charge < -0.3 is 10.8 Å². The molecule has 6 heteroatoms. The quantitative estimate of drug-likeness (QED) is 0.606. The number of aliphatic hydroxyl groups is 1. The average Bonchev–Trinajstić information content (AvgIpc) is 2.04. The van der Waals surface area contributed by atoms with E-state index in [1.54, 1.807) is 0 Å². The molecule has 0 aromatic carbocycles. The maximum Gasteiger partial charge on any atom is 0.215 e. The molecule has 78 valence electrons. The summed E-state index contributed by atoms with van der Waals surface area (Å²) in [4.78, 5) is 0. The molecular weight excluding hydrogens is 192 g/mol. The van der Waals surface area contributed by atoms with Crippen LogP contribution in [-0.4, -0.2) is 49.3 Å². The van der Waals surface area contributed by atoms with Gasteiger partial charge in [-0.2, -0.15) is 4.31 Å². The van der Waals surface area contributed by atoms with Crippen molar-refractivity contribution in [2.75, 3.05) is 25.4 Å². The van der Waals surface area contributed by atoms with Gasteiger partial charge in [-0.05, 0) is 12.8 Å². The van der Waals surface area contributed by atoms with E-state index in [1.807, 2.05) is 0 Å². The molecule has 0 aromatic heterocycles. The maximum atomic E-state index is 11.5. The highest BCUT2D eigenvalue weighted by molar-refractivity contribution is 7.89. The Bertz CT molecular complexity index is 252. The molecule has 5 nitrogen and oxygen atoms in total. The minimum absolute atomic E-state index is 0.0281. The van der Waals surface area contributed by atoms with Crippen molar-refractivity contribution >= 4 is 10.0 Å². The van der Waals surface area contributed by atoms with Gasteiger partial charge in [0.15, 0.2) is 0 Å². The molecule has 0 aliphatic carbocycles. The second-order valence-corrected chi connectivity index (χ2v) is 5.35. The SMILES string of the molecule is NCCS(=O)(=O)N1CCCC(O)C1. The number of nitrogens with two attached hydrogens (primary N) is 1. The fourth-order valence-corrected chi connectivity index (χ4v) is 2.81. The highest BCUT2D eigenvalue weighted by Crippen LogP contribution is 2.13. The molecule has 1 atom stereocenters. The van der Waals surface area contributed by atoms with E-state index in [-0.39, 0.29) is 18.8 Å². The van der Waals surface area contributed by atoms with Crippen LogP contribution in [0.1, 0.15) is 12.8 Å². The van der Waals surface area contributed by atoms with Crippen LogP contribution in [0.3, 0.4) is 0 Å². The number of hydrogen-bond acceptors (Lipinski definition) is 4. The largest absolute Gasteiger partial charge is 0.392 e. The van der Waals surface area contributed by atoms with E-state index < -0.39 is 16.1 Å². The van der Waals surface area contributed by atoms with Gasteiger partial charge in [0.25, 0.3) is 0 Å². The van der Waals surface area contributed by atoms with Crippen LogP contribution in [0.15, 0.2) is 0 Å². The fourth-order valence-electron chi connectivity index (χ4n) is 1.45. The lowest BCUT2D eigenvalue weighted by Gasteiger charge is -2.28. The maximum absolute atomic E-state index is 11.5. The predicted molar refractivity (Wildman–Crippen MR) is 49.7 cm³/mol. The summed E-state index contributed by atoms with van der Waals surface area (Å²) in [6.07, 6.45) is 0.904. The van der Waals surface area contributed by atoms with Crippen molar-refractivity contribution in [2.24, 2.45) is 5.73 Å². The minimum Gasteiger partial charge on any atom is -0.392 e. The van der Waals surface area contributed by atoms with E-state index in [0.717, 1.165) is 6.42 Å². The van der Waals surface area contributed by atoms with Gasteiger partial charge in [-0.25, -0.2) is 8.42 Å². The summed E-state index contributed by atoms with van der Waals surface area (Å²) >= 11 is 0. The number of aliphatic hydroxyl groups excluding tert-OH is 1. The number of rotatable bonds is 3. The van der Waals surface area contributed by atoms with Crippen LogP contribution in [0.5, 0.6) is 0 Å². The first kappa shape index (κ1) is 10.9. The zero-order valence-corrected chi connectivity index (χ0v) is 8.33. The Hall–Kier alpha value is -0.170. The Balaban J connectivity index is 2.60. The number of nitrogens with zero attached hydrogens (tertiary/aromatic N) is 1. The summed E-state index contributed by atoms with van der Waals surface area (Å²) in [6, 6.07) is 0. The minimum atomic E-state index is -3.22. The van der Waals surface area contributed by atoms with Gasteiger partial charge >= 0.3 is 0 Å². The van der Waals surface area contributed by atoms with Gasteiger partial charge in [0.2, 0.25) is 10.0 Å². The third kappa shape index (κ3) is 2.91. The van der Waals surface area contributed by atoms with E-state index in [2.05, 4.69) is 0 Å². The van der Waals surface area contributed by atoms with Gasteiger partial charge in [-0.15, -0.1) is 0 Å². The van der Waals surface area contributed by atoms with E-state index in [4.69, 9.17) is 5.73 Å². The first-order valence-electron chi connectivity index (χ1n) is 4.42. The van der Waals surface area contributed by atoms with Crippen molar-refractivity contribution in [1.82, 2.24) is 4.31 Å². The average molecular weight is 208 g/mol. The van der Waals surface area contributed by atoms with Crippen LogP contribution >= 0.6 is 0 Å². The predicted octanol–water partition coefficient (Wildman–Crippen LogP) is -1.27. The van der Waals surface area contributed by atoms with Crippen LogP contribution in [0, 0.1) is 0 Å². The Kier molecular flexibility index (Phi) is 3.66. The van der Waals surface area contributed by atoms with Gasteiger partial charge in [0.1, 0.15) is 0 Å². The molecule has 3 N–H and O–H groups in total. The van der Waals surface area contributed by atoms with E-state index in [1.165, 1.54) is 4.31 Å². The van der Waals surface area contributed by atoms with Crippen molar-refractivity contribution in [2.45, 2.75) is 18.9 Å². The van der Waals surface area contributed by atoms with Crippen LogP contribution in [0.4, 0.5) is 0 Å². The van der Waals surface area contributed by atoms with Crippen molar-refractivity contribution < 1.29 is 13.5 Å². The summed E-state index contributed by atoms with van der Waals surface area (Å²) < 4.78 is 24.3. The lowest BCUT2D eigenvalue weighted by Crippen LogP contribution is -2.44. The van der Waals surface area contributed by atoms with Crippen LogP contribution in [0.2, 0.25) is 0 Å². The van der Waals surface area contributed by atoms with Crippen LogP contribution in [-0.2, 0) is 10.0 Å². The molecule has 0 amide bonds. The molecule has 1 rings (SSSR count).